The van der Waals surface area contributed by atoms with Gasteiger partial charge in [0, 0.05) is 27.1 Å². The number of halogens is 1. The molecule has 0 N–H and O–H groups in total. The van der Waals surface area contributed by atoms with Gasteiger partial charge in [-0.2, -0.15) is 0 Å². The van der Waals surface area contributed by atoms with E-state index < -0.39 is 10.8 Å². The second kappa shape index (κ2) is 5.67. The van der Waals surface area contributed by atoms with Gasteiger partial charge in [-0.15, -0.1) is 0 Å². The monoisotopic (exact) mass is 283 g/mol. The van der Waals surface area contributed by atoms with Gasteiger partial charge in [-0.1, -0.05) is 28.9 Å². The van der Waals surface area contributed by atoms with Crippen molar-refractivity contribution in [3.05, 3.63) is 51.9 Å². The molecule has 0 aliphatic heterocycles. The largest absolute Gasteiger partial charge is 0.361 e. The molecule has 0 amide bonds. The zero-order valence-electron chi connectivity index (χ0n) is 10.3. The summed E-state index contributed by atoms with van der Waals surface area (Å²) in [7, 11) is -0.971. The highest BCUT2D eigenvalue weighted by Gasteiger charge is 2.12. The molecule has 0 fully saturated rings. The van der Waals surface area contributed by atoms with E-state index in [4.69, 9.17) is 16.1 Å². The van der Waals surface area contributed by atoms with E-state index in [1.807, 2.05) is 38.1 Å². The van der Waals surface area contributed by atoms with E-state index in [2.05, 4.69) is 5.16 Å². The predicted molar refractivity (Wildman–Crippen MR) is 73.0 cm³/mol. The molecule has 3 nitrogen and oxygen atoms in total. The Hall–Kier alpha value is -1.13. The molecule has 0 bridgehead atoms. The van der Waals surface area contributed by atoms with Crippen molar-refractivity contribution in [2.45, 2.75) is 25.4 Å². The van der Waals surface area contributed by atoms with Crippen LogP contribution in [-0.4, -0.2) is 9.37 Å². The lowest BCUT2D eigenvalue weighted by Crippen LogP contribution is -2.01. The summed E-state index contributed by atoms with van der Waals surface area (Å²) >= 11 is 5.81. The van der Waals surface area contributed by atoms with Crippen LogP contribution in [0.25, 0.3) is 0 Å². The zero-order valence-corrected chi connectivity index (χ0v) is 11.8. The third-order valence-electron chi connectivity index (χ3n) is 2.73. The lowest BCUT2D eigenvalue weighted by atomic mass is 10.2. The quantitative estimate of drug-likeness (QED) is 0.864. The Morgan fingerprint density at radius 2 is 1.89 bits per heavy atom. The van der Waals surface area contributed by atoms with Crippen LogP contribution in [0.4, 0.5) is 0 Å². The highest BCUT2D eigenvalue weighted by atomic mass is 35.5. The second-order valence-electron chi connectivity index (χ2n) is 4.16. The number of hydrogen-bond donors (Lipinski definition) is 0. The lowest BCUT2D eigenvalue weighted by molar-refractivity contribution is 0.392. The topological polar surface area (TPSA) is 43.1 Å². The first-order valence-corrected chi connectivity index (χ1v) is 7.44. The van der Waals surface area contributed by atoms with Gasteiger partial charge in [0.2, 0.25) is 0 Å². The molecule has 0 spiro atoms. The van der Waals surface area contributed by atoms with Crippen molar-refractivity contribution >= 4 is 22.4 Å². The average molecular weight is 284 g/mol. The molecule has 1 aromatic heterocycles. The van der Waals surface area contributed by atoms with Gasteiger partial charge in [0.15, 0.2) is 0 Å². The van der Waals surface area contributed by atoms with Crippen LogP contribution >= 0.6 is 11.6 Å². The van der Waals surface area contributed by atoms with Crippen LogP contribution in [0.3, 0.4) is 0 Å². The number of nitrogens with zero attached hydrogens (tertiary/aromatic N) is 1. The SMILES string of the molecule is Cc1noc(C)c1CS(=O)Cc1ccc(Cl)cc1. The number of rotatable bonds is 4. The van der Waals surface area contributed by atoms with Crippen molar-refractivity contribution in [3.63, 3.8) is 0 Å². The van der Waals surface area contributed by atoms with Crippen molar-refractivity contribution < 1.29 is 8.73 Å². The average Bonchev–Trinajstić information content (AvgIpc) is 2.64. The molecule has 0 aliphatic rings. The van der Waals surface area contributed by atoms with E-state index in [9.17, 15) is 4.21 Å². The van der Waals surface area contributed by atoms with Crippen LogP contribution in [-0.2, 0) is 22.3 Å². The van der Waals surface area contributed by atoms with Crippen molar-refractivity contribution in [1.82, 2.24) is 5.16 Å². The normalized spacial score (nSPS) is 12.6. The van der Waals surface area contributed by atoms with Crippen LogP contribution in [0.5, 0.6) is 0 Å². The Labute approximate surface area is 114 Å². The number of hydrogen-bond acceptors (Lipinski definition) is 3. The molecule has 18 heavy (non-hydrogen) atoms. The van der Waals surface area contributed by atoms with E-state index >= 15 is 0 Å². The molecular weight excluding hydrogens is 270 g/mol. The summed E-state index contributed by atoms with van der Waals surface area (Å²) in [6.45, 7) is 3.71. The van der Waals surface area contributed by atoms with Crippen LogP contribution in [0.1, 0.15) is 22.6 Å². The Morgan fingerprint density at radius 1 is 1.22 bits per heavy atom. The van der Waals surface area contributed by atoms with Crippen LogP contribution in [0, 0.1) is 13.8 Å². The van der Waals surface area contributed by atoms with Gasteiger partial charge in [0.25, 0.3) is 0 Å². The molecule has 1 heterocycles. The summed E-state index contributed by atoms with van der Waals surface area (Å²) in [5.74, 6) is 1.74. The molecule has 1 atom stereocenters. The fraction of sp³-hybridized carbons (Fsp3) is 0.308. The van der Waals surface area contributed by atoms with Crippen molar-refractivity contribution in [3.8, 4) is 0 Å². The van der Waals surface area contributed by atoms with E-state index in [-0.39, 0.29) is 0 Å². The summed E-state index contributed by atoms with van der Waals surface area (Å²) < 4.78 is 17.1. The minimum absolute atomic E-state index is 0.476. The highest BCUT2D eigenvalue weighted by molar-refractivity contribution is 7.83. The summed E-state index contributed by atoms with van der Waals surface area (Å²) in [5.41, 5.74) is 2.78. The smallest absolute Gasteiger partial charge is 0.138 e. The first-order chi connectivity index (χ1) is 8.56. The Morgan fingerprint density at radius 3 is 2.44 bits per heavy atom. The molecule has 5 heteroatoms. The fourth-order valence-electron chi connectivity index (χ4n) is 1.69. The second-order valence-corrected chi connectivity index (χ2v) is 6.05. The molecule has 0 saturated heterocycles. The fourth-order valence-corrected chi connectivity index (χ4v) is 3.21. The minimum atomic E-state index is -0.971. The van der Waals surface area contributed by atoms with Crippen molar-refractivity contribution in [2.75, 3.05) is 0 Å². The molecular formula is C13H14ClNO2S. The van der Waals surface area contributed by atoms with Gasteiger partial charge >= 0.3 is 0 Å². The maximum absolute atomic E-state index is 12.1. The zero-order chi connectivity index (χ0) is 13.1. The van der Waals surface area contributed by atoms with Gasteiger partial charge < -0.3 is 4.52 Å². The summed E-state index contributed by atoms with van der Waals surface area (Å²) in [6.07, 6.45) is 0. The molecule has 0 saturated carbocycles. The maximum Gasteiger partial charge on any atom is 0.138 e. The molecule has 2 aromatic rings. The Balaban J connectivity index is 2.03. The Kier molecular flexibility index (Phi) is 4.19. The highest BCUT2D eigenvalue weighted by Crippen LogP contribution is 2.17. The molecule has 1 aromatic carbocycles. The van der Waals surface area contributed by atoms with Crippen LogP contribution < -0.4 is 0 Å². The van der Waals surface area contributed by atoms with E-state index in [1.165, 1.54) is 0 Å². The maximum atomic E-state index is 12.1. The molecule has 1 unspecified atom stereocenters. The predicted octanol–water partition coefficient (Wildman–Crippen LogP) is 3.39. The van der Waals surface area contributed by atoms with Crippen LogP contribution in [0.15, 0.2) is 28.8 Å². The van der Waals surface area contributed by atoms with E-state index in [0.717, 1.165) is 22.6 Å². The van der Waals surface area contributed by atoms with Gasteiger partial charge in [0.1, 0.15) is 5.76 Å². The number of aromatic nitrogens is 1. The molecule has 96 valence electrons. The first kappa shape index (κ1) is 13.3. The van der Waals surface area contributed by atoms with Crippen LogP contribution in [0.2, 0.25) is 5.02 Å². The third-order valence-corrected chi connectivity index (χ3v) is 4.25. The number of benzene rings is 1. The lowest BCUT2D eigenvalue weighted by Gasteiger charge is -2.02. The molecule has 0 radical (unpaired) electrons. The van der Waals surface area contributed by atoms with Gasteiger partial charge in [-0.05, 0) is 31.5 Å². The summed E-state index contributed by atoms with van der Waals surface area (Å²) in [5, 5.41) is 4.55. The summed E-state index contributed by atoms with van der Waals surface area (Å²) in [4.78, 5) is 0. The van der Waals surface area contributed by atoms with E-state index in [1.54, 1.807) is 0 Å². The number of aryl methyl sites for hydroxylation is 2. The third kappa shape index (κ3) is 3.21. The van der Waals surface area contributed by atoms with Crippen molar-refractivity contribution in [1.29, 1.82) is 0 Å². The molecule has 2 rings (SSSR count). The summed E-state index contributed by atoms with van der Waals surface area (Å²) in [6, 6.07) is 7.41. The van der Waals surface area contributed by atoms with Crippen molar-refractivity contribution in [2.24, 2.45) is 0 Å². The van der Waals surface area contributed by atoms with Gasteiger partial charge in [-0.3, -0.25) is 4.21 Å². The first-order valence-electron chi connectivity index (χ1n) is 5.57. The minimum Gasteiger partial charge on any atom is -0.361 e. The van der Waals surface area contributed by atoms with E-state index in [0.29, 0.717) is 16.5 Å². The Bertz CT molecular complexity index is 543. The molecule has 0 aliphatic carbocycles. The van der Waals surface area contributed by atoms with Gasteiger partial charge in [-0.25, -0.2) is 0 Å². The van der Waals surface area contributed by atoms with Gasteiger partial charge in [0.05, 0.1) is 11.4 Å². The standard InChI is InChI=1S/C13H14ClNO2S/c1-9-13(10(2)17-15-9)8-18(16)7-11-3-5-12(14)6-4-11/h3-6H,7-8H2,1-2H3.